The average Bonchev–Trinajstić information content (AvgIpc) is 2.85. The van der Waals surface area contributed by atoms with E-state index in [0.717, 1.165) is 12.2 Å². The number of hydrogen-bond acceptors (Lipinski definition) is 1. The zero-order valence-electron chi connectivity index (χ0n) is 12.9. The zero-order valence-corrected chi connectivity index (χ0v) is 12.9. The topological polar surface area (TPSA) is 17.8 Å². The van der Waals surface area contributed by atoms with Crippen molar-refractivity contribution in [1.29, 1.82) is 0 Å². The molecule has 1 aromatic carbocycles. The SMILES string of the molecule is CCCCCCCCn1c2ccccc2c2cccnc21. The highest BCUT2D eigenvalue weighted by molar-refractivity contribution is 6.06. The molecule has 0 aliphatic heterocycles. The van der Waals surface area contributed by atoms with Crippen molar-refractivity contribution in [2.45, 2.75) is 52.0 Å². The highest BCUT2D eigenvalue weighted by Gasteiger charge is 2.09. The molecule has 0 aliphatic rings. The van der Waals surface area contributed by atoms with E-state index in [2.05, 4.69) is 46.8 Å². The Hall–Kier alpha value is -1.83. The van der Waals surface area contributed by atoms with Gasteiger partial charge in [0.05, 0.1) is 5.52 Å². The third kappa shape index (κ3) is 2.94. The van der Waals surface area contributed by atoms with Crippen LogP contribution in [-0.2, 0) is 6.54 Å². The van der Waals surface area contributed by atoms with Crippen molar-refractivity contribution in [3.63, 3.8) is 0 Å². The van der Waals surface area contributed by atoms with Crippen LogP contribution in [0.25, 0.3) is 21.9 Å². The molecule has 0 fully saturated rings. The second-order valence-corrected chi connectivity index (χ2v) is 5.81. The van der Waals surface area contributed by atoms with Crippen LogP contribution in [0.3, 0.4) is 0 Å². The molecule has 110 valence electrons. The molecule has 0 saturated heterocycles. The maximum absolute atomic E-state index is 4.61. The Bertz CT molecular complexity index is 658. The minimum Gasteiger partial charge on any atom is -0.325 e. The summed E-state index contributed by atoms with van der Waals surface area (Å²) >= 11 is 0. The third-order valence-electron chi connectivity index (χ3n) is 4.26. The summed E-state index contributed by atoms with van der Waals surface area (Å²) in [6.07, 6.45) is 9.89. The molecule has 0 bridgehead atoms. The number of aromatic nitrogens is 2. The summed E-state index contributed by atoms with van der Waals surface area (Å²) in [6.45, 7) is 3.34. The summed E-state index contributed by atoms with van der Waals surface area (Å²) in [7, 11) is 0. The largest absolute Gasteiger partial charge is 0.325 e. The lowest BCUT2D eigenvalue weighted by Gasteiger charge is -2.06. The van der Waals surface area contributed by atoms with E-state index < -0.39 is 0 Å². The van der Waals surface area contributed by atoms with Crippen molar-refractivity contribution in [3.8, 4) is 0 Å². The molecule has 2 heterocycles. The highest BCUT2D eigenvalue weighted by atomic mass is 15.0. The van der Waals surface area contributed by atoms with Gasteiger partial charge in [-0.2, -0.15) is 0 Å². The van der Waals surface area contributed by atoms with E-state index in [1.807, 2.05) is 12.3 Å². The molecule has 3 rings (SSSR count). The summed E-state index contributed by atoms with van der Waals surface area (Å²) in [5.74, 6) is 0. The standard InChI is InChI=1S/C19H24N2/c1-2-3-4-5-6-9-15-21-18-13-8-7-11-16(18)17-12-10-14-20-19(17)21/h7-8,10-14H,2-6,9,15H2,1H3. The maximum Gasteiger partial charge on any atom is 0.140 e. The number of benzene rings is 1. The van der Waals surface area contributed by atoms with E-state index in [1.165, 1.54) is 54.8 Å². The summed E-state index contributed by atoms with van der Waals surface area (Å²) < 4.78 is 2.39. The second-order valence-electron chi connectivity index (χ2n) is 5.81. The molecule has 2 aromatic heterocycles. The van der Waals surface area contributed by atoms with Gasteiger partial charge in [0, 0.05) is 23.5 Å². The molecular formula is C19H24N2. The van der Waals surface area contributed by atoms with Gasteiger partial charge in [0.15, 0.2) is 0 Å². The van der Waals surface area contributed by atoms with Gasteiger partial charge in [-0.3, -0.25) is 0 Å². The van der Waals surface area contributed by atoms with Crippen molar-refractivity contribution < 1.29 is 0 Å². The van der Waals surface area contributed by atoms with E-state index in [4.69, 9.17) is 0 Å². The van der Waals surface area contributed by atoms with Gasteiger partial charge < -0.3 is 4.57 Å². The molecule has 0 atom stereocenters. The zero-order chi connectivity index (χ0) is 14.5. The van der Waals surface area contributed by atoms with Gasteiger partial charge in [0.25, 0.3) is 0 Å². The molecule has 21 heavy (non-hydrogen) atoms. The molecule has 0 saturated carbocycles. The Morgan fingerprint density at radius 2 is 1.62 bits per heavy atom. The molecule has 0 N–H and O–H groups in total. The Morgan fingerprint density at radius 1 is 0.857 bits per heavy atom. The van der Waals surface area contributed by atoms with E-state index in [-0.39, 0.29) is 0 Å². The first kappa shape index (κ1) is 14.1. The fourth-order valence-corrected chi connectivity index (χ4v) is 3.15. The predicted molar refractivity (Wildman–Crippen MR) is 90.6 cm³/mol. The van der Waals surface area contributed by atoms with Crippen molar-refractivity contribution in [3.05, 3.63) is 42.6 Å². The van der Waals surface area contributed by atoms with E-state index in [9.17, 15) is 0 Å². The van der Waals surface area contributed by atoms with Crippen LogP contribution < -0.4 is 0 Å². The normalized spacial score (nSPS) is 11.5. The first-order valence-corrected chi connectivity index (χ1v) is 8.24. The first-order valence-electron chi connectivity index (χ1n) is 8.24. The van der Waals surface area contributed by atoms with Gasteiger partial charge in [-0.15, -0.1) is 0 Å². The molecule has 2 nitrogen and oxygen atoms in total. The lowest BCUT2D eigenvalue weighted by atomic mass is 10.1. The van der Waals surface area contributed by atoms with Gasteiger partial charge in [-0.1, -0.05) is 57.2 Å². The lowest BCUT2D eigenvalue weighted by Crippen LogP contribution is -1.98. The Labute approximate surface area is 126 Å². The van der Waals surface area contributed by atoms with E-state index in [0.29, 0.717) is 0 Å². The lowest BCUT2D eigenvalue weighted by molar-refractivity contribution is 0.570. The summed E-state index contributed by atoms with van der Waals surface area (Å²) in [6, 6.07) is 12.9. The smallest absolute Gasteiger partial charge is 0.140 e. The third-order valence-corrected chi connectivity index (χ3v) is 4.26. The van der Waals surface area contributed by atoms with Gasteiger partial charge in [0.1, 0.15) is 5.65 Å². The number of fused-ring (bicyclic) bond motifs is 3. The van der Waals surface area contributed by atoms with E-state index >= 15 is 0 Å². The van der Waals surface area contributed by atoms with Crippen molar-refractivity contribution in [2.75, 3.05) is 0 Å². The monoisotopic (exact) mass is 280 g/mol. The predicted octanol–water partition coefficient (Wildman–Crippen LogP) is 5.55. The number of para-hydroxylation sites is 1. The van der Waals surface area contributed by atoms with Crippen LogP contribution in [0, 0.1) is 0 Å². The van der Waals surface area contributed by atoms with Gasteiger partial charge in [0.2, 0.25) is 0 Å². The van der Waals surface area contributed by atoms with Crippen molar-refractivity contribution in [2.24, 2.45) is 0 Å². The van der Waals surface area contributed by atoms with Crippen LogP contribution in [0.4, 0.5) is 0 Å². The van der Waals surface area contributed by atoms with Crippen LogP contribution >= 0.6 is 0 Å². The number of nitrogens with zero attached hydrogens (tertiary/aromatic N) is 2. The Kier molecular flexibility index (Phi) is 4.54. The molecule has 0 amide bonds. The van der Waals surface area contributed by atoms with Crippen LogP contribution in [-0.4, -0.2) is 9.55 Å². The minimum atomic E-state index is 1.08. The number of aryl methyl sites for hydroxylation is 1. The maximum atomic E-state index is 4.61. The molecule has 3 aromatic rings. The fraction of sp³-hybridized carbons (Fsp3) is 0.421. The Balaban J connectivity index is 1.80. The summed E-state index contributed by atoms with van der Waals surface area (Å²) in [5, 5.41) is 2.60. The quantitative estimate of drug-likeness (QED) is 0.519. The van der Waals surface area contributed by atoms with Crippen LogP contribution in [0.2, 0.25) is 0 Å². The van der Waals surface area contributed by atoms with Crippen molar-refractivity contribution in [1.82, 2.24) is 9.55 Å². The molecule has 0 spiro atoms. The van der Waals surface area contributed by atoms with Crippen molar-refractivity contribution >= 4 is 21.9 Å². The van der Waals surface area contributed by atoms with E-state index in [1.54, 1.807) is 0 Å². The Morgan fingerprint density at radius 3 is 2.52 bits per heavy atom. The van der Waals surface area contributed by atoms with Crippen LogP contribution in [0.1, 0.15) is 45.4 Å². The first-order chi connectivity index (χ1) is 10.4. The van der Waals surface area contributed by atoms with Gasteiger partial charge >= 0.3 is 0 Å². The van der Waals surface area contributed by atoms with Crippen LogP contribution in [0.5, 0.6) is 0 Å². The minimum absolute atomic E-state index is 1.08. The molecule has 2 heteroatoms. The second kappa shape index (κ2) is 6.75. The summed E-state index contributed by atoms with van der Waals surface area (Å²) in [4.78, 5) is 4.61. The molecule has 0 unspecified atom stereocenters. The highest BCUT2D eigenvalue weighted by Crippen LogP contribution is 2.27. The molecule has 0 aliphatic carbocycles. The molecule has 0 radical (unpaired) electrons. The number of rotatable bonds is 7. The number of hydrogen-bond donors (Lipinski definition) is 0. The number of pyridine rings is 1. The number of unbranched alkanes of at least 4 members (excludes halogenated alkanes) is 5. The average molecular weight is 280 g/mol. The summed E-state index contributed by atoms with van der Waals surface area (Å²) in [5.41, 5.74) is 2.45. The molecular weight excluding hydrogens is 256 g/mol. The van der Waals surface area contributed by atoms with Gasteiger partial charge in [-0.25, -0.2) is 4.98 Å². The van der Waals surface area contributed by atoms with Gasteiger partial charge in [-0.05, 0) is 24.6 Å². The van der Waals surface area contributed by atoms with Crippen LogP contribution in [0.15, 0.2) is 42.6 Å². The fourth-order valence-electron chi connectivity index (χ4n) is 3.15.